The minimum atomic E-state index is -0.176. The van der Waals surface area contributed by atoms with Gasteiger partial charge in [0.25, 0.3) is 0 Å². The van der Waals surface area contributed by atoms with Gasteiger partial charge in [0.05, 0.1) is 13.2 Å². The molecule has 0 fully saturated rings. The first kappa shape index (κ1) is 20.3. The van der Waals surface area contributed by atoms with Gasteiger partial charge in [0.15, 0.2) is 0 Å². The van der Waals surface area contributed by atoms with Crippen molar-refractivity contribution in [2.24, 2.45) is 0 Å². The fourth-order valence-corrected chi connectivity index (χ4v) is 2.29. The number of anilines is 3. The molecule has 0 saturated carbocycles. The zero-order valence-electron chi connectivity index (χ0n) is 15.6. The summed E-state index contributed by atoms with van der Waals surface area (Å²) in [5, 5.41) is 8.53. The molecule has 144 valence electrons. The first-order chi connectivity index (χ1) is 13.1. The normalized spacial score (nSPS) is 10.1. The van der Waals surface area contributed by atoms with Gasteiger partial charge in [-0.05, 0) is 43.3 Å². The lowest BCUT2D eigenvalue weighted by atomic mass is 10.2. The van der Waals surface area contributed by atoms with Gasteiger partial charge in [0.2, 0.25) is 11.8 Å². The molecule has 0 aliphatic carbocycles. The zero-order chi connectivity index (χ0) is 19.5. The molecular formula is C20H25N3O4. The molecule has 0 bridgehead atoms. The van der Waals surface area contributed by atoms with E-state index < -0.39 is 0 Å². The number of carbonyl (C=O) groups is 2. The van der Waals surface area contributed by atoms with Crippen LogP contribution in [-0.4, -0.2) is 38.2 Å². The molecule has 0 atom stereocenters. The van der Waals surface area contributed by atoms with Crippen LogP contribution in [0.1, 0.15) is 13.8 Å². The Kier molecular flexibility index (Phi) is 8.12. The number of hydrogen-bond acceptors (Lipinski definition) is 5. The highest BCUT2D eigenvalue weighted by molar-refractivity contribution is 5.94. The van der Waals surface area contributed by atoms with E-state index in [-0.39, 0.29) is 18.4 Å². The molecule has 0 saturated heterocycles. The predicted molar refractivity (Wildman–Crippen MR) is 106 cm³/mol. The van der Waals surface area contributed by atoms with E-state index >= 15 is 0 Å². The SMILES string of the molecule is CCOCCOc1cccc(NCC(=O)Nc2ccc(NC(C)=O)cc2)c1. The summed E-state index contributed by atoms with van der Waals surface area (Å²) >= 11 is 0. The minimum absolute atomic E-state index is 0.121. The second kappa shape index (κ2) is 10.8. The molecule has 0 unspecified atom stereocenters. The second-order valence-electron chi connectivity index (χ2n) is 5.73. The molecule has 0 heterocycles. The van der Waals surface area contributed by atoms with Crippen molar-refractivity contribution < 1.29 is 19.1 Å². The van der Waals surface area contributed by atoms with Crippen molar-refractivity contribution in [3.63, 3.8) is 0 Å². The van der Waals surface area contributed by atoms with E-state index in [1.807, 2.05) is 31.2 Å². The Morgan fingerprint density at radius 2 is 1.63 bits per heavy atom. The Bertz CT molecular complexity index is 747. The third-order valence-corrected chi connectivity index (χ3v) is 3.48. The van der Waals surface area contributed by atoms with Gasteiger partial charge >= 0.3 is 0 Å². The van der Waals surface area contributed by atoms with Gasteiger partial charge in [0.1, 0.15) is 12.4 Å². The standard InChI is InChI=1S/C20H25N3O4/c1-3-26-11-12-27-19-6-4-5-18(13-19)21-14-20(25)23-17-9-7-16(8-10-17)22-15(2)24/h4-10,13,21H,3,11-12,14H2,1-2H3,(H,22,24)(H,23,25). The molecule has 2 aromatic rings. The van der Waals surface area contributed by atoms with Crippen molar-refractivity contribution in [3.05, 3.63) is 48.5 Å². The van der Waals surface area contributed by atoms with Gasteiger partial charge in [-0.3, -0.25) is 9.59 Å². The minimum Gasteiger partial charge on any atom is -0.491 e. The summed E-state index contributed by atoms with van der Waals surface area (Å²) in [6, 6.07) is 14.3. The molecule has 7 nitrogen and oxygen atoms in total. The Labute approximate surface area is 159 Å². The summed E-state index contributed by atoms with van der Waals surface area (Å²) in [6.07, 6.45) is 0. The van der Waals surface area contributed by atoms with E-state index in [4.69, 9.17) is 9.47 Å². The predicted octanol–water partition coefficient (Wildman–Crippen LogP) is 3.11. The van der Waals surface area contributed by atoms with Crippen LogP contribution in [0.15, 0.2) is 48.5 Å². The average molecular weight is 371 g/mol. The van der Waals surface area contributed by atoms with Gasteiger partial charge < -0.3 is 25.4 Å². The molecule has 2 rings (SSSR count). The molecular weight excluding hydrogens is 346 g/mol. The summed E-state index contributed by atoms with van der Waals surface area (Å²) in [4.78, 5) is 23.1. The summed E-state index contributed by atoms with van der Waals surface area (Å²) in [6.45, 7) is 5.18. The van der Waals surface area contributed by atoms with Gasteiger partial charge in [0, 0.05) is 36.7 Å². The number of rotatable bonds is 10. The van der Waals surface area contributed by atoms with Crippen LogP contribution in [0, 0.1) is 0 Å². The van der Waals surface area contributed by atoms with Crippen LogP contribution in [0.3, 0.4) is 0 Å². The van der Waals surface area contributed by atoms with Crippen molar-refractivity contribution >= 4 is 28.9 Å². The summed E-state index contributed by atoms with van der Waals surface area (Å²) in [5.74, 6) is 0.402. The van der Waals surface area contributed by atoms with Crippen molar-refractivity contribution in [1.82, 2.24) is 0 Å². The van der Waals surface area contributed by atoms with Crippen LogP contribution in [0.25, 0.3) is 0 Å². The highest BCUT2D eigenvalue weighted by Gasteiger charge is 2.04. The second-order valence-corrected chi connectivity index (χ2v) is 5.73. The molecule has 0 aliphatic heterocycles. The maximum Gasteiger partial charge on any atom is 0.243 e. The van der Waals surface area contributed by atoms with Crippen molar-refractivity contribution in [3.8, 4) is 5.75 Å². The monoisotopic (exact) mass is 371 g/mol. The molecule has 0 aromatic heterocycles. The van der Waals surface area contributed by atoms with E-state index in [0.717, 1.165) is 5.69 Å². The maximum atomic E-state index is 12.1. The first-order valence-electron chi connectivity index (χ1n) is 8.79. The molecule has 27 heavy (non-hydrogen) atoms. The Morgan fingerprint density at radius 1 is 0.926 bits per heavy atom. The number of amides is 2. The lowest BCUT2D eigenvalue weighted by Gasteiger charge is -2.11. The molecule has 2 amide bonds. The molecule has 0 radical (unpaired) electrons. The van der Waals surface area contributed by atoms with E-state index in [9.17, 15) is 9.59 Å². The molecule has 7 heteroatoms. The fraction of sp³-hybridized carbons (Fsp3) is 0.300. The van der Waals surface area contributed by atoms with E-state index in [0.29, 0.717) is 36.9 Å². The van der Waals surface area contributed by atoms with Crippen molar-refractivity contribution in [1.29, 1.82) is 0 Å². The Balaban J connectivity index is 1.78. The van der Waals surface area contributed by atoms with Crippen LogP contribution >= 0.6 is 0 Å². The average Bonchev–Trinajstić information content (AvgIpc) is 2.65. The third kappa shape index (κ3) is 7.79. The van der Waals surface area contributed by atoms with Crippen molar-refractivity contribution in [2.45, 2.75) is 13.8 Å². The van der Waals surface area contributed by atoms with Gasteiger partial charge in [-0.15, -0.1) is 0 Å². The van der Waals surface area contributed by atoms with Crippen LogP contribution in [-0.2, 0) is 14.3 Å². The van der Waals surface area contributed by atoms with Gasteiger partial charge in [-0.1, -0.05) is 6.07 Å². The van der Waals surface area contributed by atoms with Crippen LogP contribution in [0.4, 0.5) is 17.1 Å². The maximum absolute atomic E-state index is 12.1. The lowest BCUT2D eigenvalue weighted by molar-refractivity contribution is -0.115. The molecule has 3 N–H and O–H groups in total. The van der Waals surface area contributed by atoms with Gasteiger partial charge in [-0.2, -0.15) is 0 Å². The largest absolute Gasteiger partial charge is 0.491 e. The third-order valence-electron chi connectivity index (χ3n) is 3.48. The van der Waals surface area contributed by atoms with Crippen molar-refractivity contribution in [2.75, 3.05) is 42.3 Å². The Morgan fingerprint density at radius 3 is 2.30 bits per heavy atom. The van der Waals surface area contributed by atoms with E-state index in [1.54, 1.807) is 24.3 Å². The van der Waals surface area contributed by atoms with E-state index in [1.165, 1.54) is 6.92 Å². The summed E-state index contributed by atoms with van der Waals surface area (Å²) in [5.41, 5.74) is 2.13. The lowest BCUT2D eigenvalue weighted by Crippen LogP contribution is -2.21. The molecule has 2 aromatic carbocycles. The summed E-state index contributed by atoms with van der Waals surface area (Å²) in [7, 11) is 0. The molecule has 0 spiro atoms. The van der Waals surface area contributed by atoms with Crippen LogP contribution in [0.2, 0.25) is 0 Å². The van der Waals surface area contributed by atoms with Gasteiger partial charge in [-0.25, -0.2) is 0 Å². The number of ether oxygens (including phenoxy) is 2. The quantitative estimate of drug-likeness (QED) is 0.559. The smallest absolute Gasteiger partial charge is 0.243 e. The van der Waals surface area contributed by atoms with E-state index in [2.05, 4.69) is 16.0 Å². The topological polar surface area (TPSA) is 88.7 Å². The number of carbonyl (C=O) groups excluding carboxylic acids is 2. The van der Waals surface area contributed by atoms with Crippen LogP contribution in [0.5, 0.6) is 5.75 Å². The highest BCUT2D eigenvalue weighted by Crippen LogP contribution is 2.17. The Hall–Kier alpha value is -3.06. The number of benzene rings is 2. The number of hydrogen-bond donors (Lipinski definition) is 3. The zero-order valence-corrected chi connectivity index (χ0v) is 15.6. The summed E-state index contributed by atoms with van der Waals surface area (Å²) < 4.78 is 10.8. The highest BCUT2D eigenvalue weighted by atomic mass is 16.5. The number of nitrogens with one attached hydrogen (secondary N) is 3. The first-order valence-corrected chi connectivity index (χ1v) is 8.79. The molecule has 0 aliphatic rings. The fourth-order valence-electron chi connectivity index (χ4n) is 2.29. The van der Waals surface area contributed by atoms with Crippen LogP contribution < -0.4 is 20.7 Å².